The van der Waals surface area contributed by atoms with E-state index in [1.54, 1.807) is 0 Å². The molecule has 8 unspecified atom stereocenters. The molecular weight excluding hydrogens is 474 g/mol. The highest BCUT2D eigenvalue weighted by Crippen LogP contribution is 2.54. The number of methoxy groups -OCH3 is 1. The van der Waals surface area contributed by atoms with Gasteiger partial charge in [0, 0.05) is 30.0 Å². The number of rotatable bonds is 4. The highest BCUT2D eigenvalue weighted by Gasteiger charge is 2.58. The van der Waals surface area contributed by atoms with Crippen molar-refractivity contribution in [3.8, 4) is 0 Å². The van der Waals surface area contributed by atoms with Gasteiger partial charge in [-0.3, -0.25) is 4.90 Å². The predicted molar refractivity (Wildman–Crippen MR) is 134 cm³/mol. The van der Waals surface area contributed by atoms with E-state index >= 15 is 0 Å². The van der Waals surface area contributed by atoms with Gasteiger partial charge in [0.1, 0.15) is 11.3 Å². The SMILES string of the molecule is COC1=C(CO)C(=O)OC1=C1OC2=CCC3CCC(O)(C4C=CCC(C)C4)C4CCCC(C2C1CO)N34. The second-order valence-electron chi connectivity index (χ2n) is 11.8. The van der Waals surface area contributed by atoms with Gasteiger partial charge in [-0.15, -0.1) is 0 Å². The molecule has 0 bridgehead atoms. The first kappa shape index (κ1) is 25.2. The van der Waals surface area contributed by atoms with Crippen LogP contribution in [0.1, 0.15) is 58.3 Å². The van der Waals surface area contributed by atoms with Crippen LogP contribution in [0.15, 0.2) is 46.8 Å². The van der Waals surface area contributed by atoms with E-state index in [1.807, 2.05) is 0 Å². The zero-order valence-electron chi connectivity index (χ0n) is 21.8. The zero-order valence-corrected chi connectivity index (χ0v) is 21.8. The summed E-state index contributed by atoms with van der Waals surface area (Å²) < 4.78 is 17.3. The summed E-state index contributed by atoms with van der Waals surface area (Å²) in [4.78, 5) is 15.0. The Balaban J connectivity index is 1.38. The number of fused-ring (bicyclic) bond motifs is 2. The molecule has 3 fully saturated rings. The lowest BCUT2D eigenvalue weighted by Gasteiger charge is -2.59. The fourth-order valence-corrected chi connectivity index (χ4v) is 8.16. The van der Waals surface area contributed by atoms with E-state index in [-0.39, 0.29) is 47.6 Å². The molecule has 3 N–H and O–H groups in total. The predicted octanol–water partition coefficient (Wildman–Crippen LogP) is 2.91. The van der Waals surface area contributed by atoms with E-state index in [4.69, 9.17) is 14.2 Å². The van der Waals surface area contributed by atoms with Crippen molar-refractivity contribution in [2.24, 2.45) is 23.7 Å². The molecule has 8 atom stereocenters. The average molecular weight is 514 g/mol. The van der Waals surface area contributed by atoms with Crippen LogP contribution in [0.2, 0.25) is 0 Å². The van der Waals surface area contributed by atoms with Gasteiger partial charge < -0.3 is 29.5 Å². The summed E-state index contributed by atoms with van der Waals surface area (Å²) in [6.07, 6.45) is 14.2. The summed E-state index contributed by atoms with van der Waals surface area (Å²) in [5.41, 5.74) is -0.705. The van der Waals surface area contributed by atoms with Gasteiger partial charge >= 0.3 is 5.97 Å². The summed E-state index contributed by atoms with van der Waals surface area (Å²) in [5, 5.41) is 32.6. The maximum atomic E-state index is 12.4. The van der Waals surface area contributed by atoms with Crippen molar-refractivity contribution in [1.29, 1.82) is 0 Å². The van der Waals surface area contributed by atoms with E-state index in [0.29, 0.717) is 17.7 Å². The number of esters is 1. The highest BCUT2D eigenvalue weighted by molar-refractivity contribution is 5.94. The van der Waals surface area contributed by atoms with Crippen molar-refractivity contribution in [3.63, 3.8) is 0 Å². The molecule has 0 amide bonds. The number of aliphatic hydroxyl groups excluding tert-OH is 2. The Morgan fingerprint density at radius 3 is 2.76 bits per heavy atom. The second kappa shape index (κ2) is 9.56. The van der Waals surface area contributed by atoms with Gasteiger partial charge in [-0.05, 0) is 56.9 Å². The molecule has 5 aliphatic heterocycles. The van der Waals surface area contributed by atoms with Gasteiger partial charge in [-0.2, -0.15) is 0 Å². The van der Waals surface area contributed by atoms with E-state index < -0.39 is 24.1 Å². The number of carbonyl (C=O) groups is 1. The summed E-state index contributed by atoms with van der Waals surface area (Å²) in [6.45, 7) is 1.60. The van der Waals surface area contributed by atoms with Gasteiger partial charge in [-0.1, -0.05) is 25.5 Å². The number of hydrogen-bond acceptors (Lipinski definition) is 8. The van der Waals surface area contributed by atoms with Crippen LogP contribution in [0.25, 0.3) is 0 Å². The molecule has 0 radical (unpaired) electrons. The largest absolute Gasteiger partial charge is 0.492 e. The van der Waals surface area contributed by atoms with Gasteiger partial charge in [0.2, 0.25) is 5.76 Å². The molecule has 37 heavy (non-hydrogen) atoms. The molecule has 3 saturated heterocycles. The molecule has 0 aromatic carbocycles. The van der Waals surface area contributed by atoms with Crippen LogP contribution in [0, 0.1) is 23.7 Å². The van der Waals surface area contributed by atoms with Crippen molar-refractivity contribution in [2.75, 3.05) is 20.3 Å². The van der Waals surface area contributed by atoms with Crippen LogP contribution in [-0.2, 0) is 19.0 Å². The van der Waals surface area contributed by atoms with Gasteiger partial charge in [-0.25, -0.2) is 4.79 Å². The molecular formula is C29H39NO7. The van der Waals surface area contributed by atoms with E-state index in [9.17, 15) is 20.1 Å². The fourth-order valence-electron chi connectivity index (χ4n) is 8.16. The number of carbonyl (C=O) groups excluding carboxylic acids is 1. The number of hydrogen-bond donors (Lipinski definition) is 3. The van der Waals surface area contributed by atoms with E-state index in [0.717, 1.165) is 57.1 Å². The number of nitrogens with zero attached hydrogens (tertiary/aromatic N) is 1. The first-order valence-corrected chi connectivity index (χ1v) is 13.9. The monoisotopic (exact) mass is 513 g/mol. The lowest BCUT2D eigenvalue weighted by atomic mass is 9.65. The van der Waals surface area contributed by atoms with Crippen LogP contribution in [0.3, 0.4) is 0 Å². The minimum absolute atomic E-state index is 0.0556. The van der Waals surface area contributed by atoms with Crippen LogP contribution in [0.5, 0.6) is 0 Å². The number of cyclic esters (lactones) is 1. The van der Waals surface area contributed by atoms with Crippen LogP contribution >= 0.6 is 0 Å². The van der Waals surface area contributed by atoms with Crippen molar-refractivity contribution >= 4 is 5.97 Å². The topological polar surface area (TPSA) is 109 Å². The van der Waals surface area contributed by atoms with Gasteiger partial charge in [0.15, 0.2) is 11.5 Å². The van der Waals surface area contributed by atoms with Crippen LogP contribution in [-0.4, -0.2) is 70.2 Å². The summed E-state index contributed by atoms with van der Waals surface area (Å²) in [7, 11) is 1.43. The Morgan fingerprint density at radius 2 is 2.03 bits per heavy atom. The Kier molecular flexibility index (Phi) is 6.50. The standard InChI is InChI=1S/C29H39NO7/c1-16-5-3-6-17(13-16)29(34)12-11-18-9-10-22-24(21-7-4-8-23(29)30(18)21)19(14-31)26(36-22)27-25(35-2)20(15-32)28(33)37-27/h3,6,10,16-19,21,23-24,31-32,34H,4-5,7-9,11-15H2,1-2H3. The molecule has 0 aromatic heterocycles. The molecule has 8 heteroatoms. The molecule has 0 spiro atoms. The molecule has 6 aliphatic rings. The summed E-state index contributed by atoms with van der Waals surface area (Å²) in [6, 6.07) is 0.500. The van der Waals surface area contributed by atoms with E-state index in [2.05, 4.69) is 30.1 Å². The Hall–Kier alpha value is -2.13. The average Bonchev–Trinajstić information content (AvgIpc) is 3.39. The first-order chi connectivity index (χ1) is 17.9. The van der Waals surface area contributed by atoms with Crippen LogP contribution < -0.4 is 0 Å². The van der Waals surface area contributed by atoms with Crippen molar-refractivity contribution in [1.82, 2.24) is 4.90 Å². The number of piperidine rings is 2. The van der Waals surface area contributed by atoms with Gasteiger partial charge in [0.25, 0.3) is 0 Å². The quantitative estimate of drug-likeness (QED) is 0.389. The lowest BCUT2D eigenvalue weighted by Crippen LogP contribution is -2.68. The Morgan fingerprint density at radius 1 is 1.19 bits per heavy atom. The maximum Gasteiger partial charge on any atom is 0.345 e. The van der Waals surface area contributed by atoms with E-state index in [1.165, 1.54) is 7.11 Å². The van der Waals surface area contributed by atoms with Crippen LogP contribution in [0.4, 0.5) is 0 Å². The summed E-state index contributed by atoms with van der Waals surface area (Å²) >= 11 is 0. The van der Waals surface area contributed by atoms with Crippen molar-refractivity contribution in [3.05, 3.63) is 46.8 Å². The molecule has 202 valence electrons. The fraction of sp³-hybridized carbons (Fsp3) is 0.690. The minimum atomic E-state index is -0.761. The molecule has 8 nitrogen and oxygen atoms in total. The maximum absolute atomic E-state index is 12.4. The Bertz CT molecular complexity index is 1080. The zero-order chi connectivity index (χ0) is 25.9. The smallest absolute Gasteiger partial charge is 0.345 e. The molecule has 0 saturated carbocycles. The molecule has 6 rings (SSSR count). The Labute approximate surface area is 218 Å². The number of ether oxygens (including phenoxy) is 3. The minimum Gasteiger partial charge on any atom is -0.492 e. The van der Waals surface area contributed by atoms with Crippen molar-refractivity contribution in [2.45, 2.75) is 82.0 Å². The normalized spacial score (nSPS) is 43.5. The number of aliphatic hydroxyl groups is 3. The molecule has 1 aliphatic carbocycles. The third-order valence-electron chi connectivity index (χ3n) is 9.84. The molecule has 5 heterocycles. The third kappa shape index (κ3) is 3.82. The highest BCUT2D eigenvalue weighted by atomic mass is 16.6. The first-order valence-electron chi connectivity index (χ1n) is 13.9. The summed E-state index contributed by atoms with van der Waals surface area (Å²) in [5.74, 6) is 1.08. The van der Waals surface area contributed by atoms with Gasteiger partial charge in [0.05, 0.1) is 31.8 Å². The molecule has 0 aromatic rings. The lowest BCUT2D eigenvalue weighted by molar-refractivity contribution is -0.161. The third-order valence-corrected chi connectivity index (χ3v) is 9.84. The number of allylic oxidation sites excluding steroid dienone is 1. The van der Waals surface area contributed by atoms with Crippen molar-refractivity contribution < 1.29 is 34.3 Å². The second-order valence-corrected chi connectivity index (χ2v) is 11.8.